The smallest absolute Gasteiger partial charge is 0.238 e. The number of carbonyl (C=O) groups is 1. The maximum atomic E-state index is 11.5. The number of hydrogen-bond donors (Lipinski definition) is 2. The van der Waals surface area contributed by atoms with Crippen molar-refractivity contribution in [2.24, 2.45) is 5.92 Å². The molecular formula is C10H19ClN2O2S. The van der Waals surface area contributed by atoms with E-state index < -0.39 is 0 Å². The van der Waals surface area contributed by atoms with Crippen molar-refractivity contribution in [2.75, 3.05) is 31.4 Å². The molecule has 0 spiro atoms. The zero-order valence-corrected chi connectivity index (χ0v) is 10.9. The highest BCUT2D eigenvalue weighted by molar-refractivity contribution is 7.99. The van der Waals surface area contributed by atoms with Gasteiger partial charge < -0.3 is 10.1 Å². The molecule has 1 unspecified atom stereocenters. The quantitative estimate of drug-likeness (QED) is 0.692. The predicted octanol–water partition coefficient (Wildman–Crippen LogP) is 0.613. The SMILES string of the molecule is Cl.O=C(NCCOCC1CC1)C1CSCN1. The van der Waals surface area contributed by atoms with Gasteiger partial charge in [-0.1, -0.05) is 0 Å². The van der Waals surface area contributed by atoms with Crippen LogP contribution in [0.25, 0.3) is 0 Å². The molecule has 2 N–H and O–H groups in total. The Morgan fingerprint density at radius 2 is 2.31 bits per heavy atom. The fourth-order valence-electron chi connectivity index (χ4n) is 1.47. The van der Waals surface area contributed by atoms with Gasteiger partial charge in [0.25, 0.3) is 0 Å². The summed E-state index contributed by atoms with van der Waals surface area (Å²) in [7, 11) is 0. The first-order valence-corrected chi connectivity index (χ1v) is 6.68. The summed E-state index contributed by atoms with van der Waals surface area (Å²) in [5, 5.41) is 6.01. The van der Waals surface area contributed by atoms with Crippen LogP contribution in [-0.4, -0.2) is 43.3 Å². The molecule has 16 heavy (non-hydrogen) atoms. The molecule has 94 valence electrons. The van der Waals surface area contributed by atoms with Crippen LogP contribution in [0, 0.1) is 5.92 Å². The number of carbonyl (C=O) groups excluding carboxylic acids is 1. The lowest BCUT2D eigenvalue weighted by molar-refractivity contribution is -0.122. The van der Waals surface area contributed by atoms with Crippen molar-refractivity contribution < 1.29 is 9.53 Å². The third-order valence-electron chi connectivity index (χ3n) is 2.63. The Kier molecular flexibility index (Phi) is 6.49. The molecule has 0 bridgehead atoms. The first-order valence-electron chi connectivity index (χ1n) is 5.53. The lowest BCUT2D eigenvalue weighted by Crippen LogP contribution is -2.43. The molecule has 1 aliphatic carbocycles. The Hall–Kier alpha value is 0.0300. The van der Waals surface area contributed by atoms with Gasteiger partial charge in [-0.3, -0.25) is 10.1 Å². The largest absolute Gasteiger partial charge is 0.379 e. The molecule has 2 fully saturated rings. The fourth-order valence-corrected chi connectivity index (χ4v) is 2.41. The first-order chi connectivity index (χ1) is 7.36. The van der Waals surface area contributed by atoms with Gasteiger partial charge in [0.1, 0.15) is 0 Å². The molecule has 1 saturated heterocycles. The minimum absolute atomic E-state index is 0. The summed E-state index contributed by atoms with van der Waals surface area (Å²) in [4.78, 5) is 11.5. The summed E-state index contributed by atoms with van der Waals surface area (Å²) in [5.41, 5.74) is 0. The van der Waals surface area contributed by atoms with Crippen LogP contribution in [0.4, 0.5) is 0 Å². The van der Waals surface area contributed by atoms with Crippen LogP contribution >= 0.6 is 24.2 Å². The summed E-state index contributed by atoms with van der Waals surface area (Å²) in [5.74, 6) is 2.68. The van der Waals surface area contributed by atoms with Crippen LogP contribution in [0.1, 0.15) is 12.8 Å². The van der Waals surface area contributed by atoms with Gasteiger partial charge in [-0.15, -0.1) is 24.2 Å². The number of nitrogens with one attached hydrogen (secondary N) is 2. The average molecular weight is 267 g/mol. The number of ether oxygens (including phenoxy) is 1. The van der Waals surface area contributed by atoms with E-state index >= 15 is 0 Å². The molecule has 0 aromatic rings. The number of halogens is 1. The number of amides is 1. The molecule has 6 heteroatoms. The highest BCUT2D eigenvalue weighted by Gasteiger charge is 2.22. The Labute approximate surface area is 107 Å². The van der Waals surface area contributed by atoms with Gasteiger partial charge >= 0.3 is 0 Å². The van der Waals surface area contributed by atoms with E-state index in [1.165, 1.54) is 12.8 Å². The van der Waals surface area contributed by atoms with Gasteiger partial charge in [-0.2, -0.15) is 0 Å². The van der Waals surface area contributed by atoms with Crippen LogP contribution in [0.5, 0.6) is 0 Å². The van der Waals surface area contributed by atoms with E-state index in [-0.39, 0.29) is 24.4 Å². The van der Waals surface area contributed by atoms with E-state index in [1.54, 1.807) is 11.8 Å². The maximum absolute atomic E-state index is 11.5. The van der Waals surface area contributed by atoms with Gasteiger partial charge in [-0.05, 0) is 18.8 Å². The standard InChI is InChI=1S/C10H18N2O2S.ClH/c13-10(9-6-15-7-12-9)11-3-4-14-5-8-1-2-8;/h8-9,12H,1-7H2,(H,11,13);1H. The molecule has 1 atom stereocenters. The Balaban J connectivity index is 0.00000128. The Bertz CT molecular complexity index is 221. The van der Waals surface area contributed by atoms with Crippen molar-refractivity contribution in [1.29, 1.82) is 0 Å². The topological polar surface area (TPSA) is 50.4 Å². The zero-order valence-electron chi connectivity index (χ0n) is 9.24. The molecule has 1 aliphatic heterocycles. The zero-order chi connectivity index (χ0) is 10.5. The minimum Gasteiger partial charge on any atom is -0.379 e. The first kappa shape index (κ1) is 14.1. The summed E-state index contributed by atoms with van der Waals surface area (Å²) < 4.78 is 5.43. The molecule has 2 rings (SSSR count). The van der Waals surface area contributed by atoms with Crippen molar-refractivity contribution >= 4 is 30.1 Å². The normalized spacial score (nSPS) is 23.9. The van der Waals surface area contributed by atoms with Gasteiger partial charge in [0, 0.05) is 24.8 Å². The number of thioether (sulfide) groups is 1. The minimum atomic E-state index is -0.00145. The molecule has 1 amide bonds. The molecule has 4 nitrogen and oxygen atoms in total. The molecular weight excluding hydrogens is 248 g/mol. The van der Waals surface area contributed by atoms with E-state index in [0.717, 1.165) is 24.2 Å². The van der Waals surface area contributed by atoms with Crippen molar-refractivity contribution in [3.8, 4) is 0 Å². The lowest BCUT2D eigenvalue weighted by Gasteiger charge is -2.10. The van der Waals surface area contributed by atoms with E-state index in [4.69, 9.17) is 4.74 Å². The second-order valence-electron chi connectivity index (χ2n) is 4.08. The number of rotatable bonds is 6. The second kappa shape index (κ2) is 7.37. The summed E-state index contributed by atoms with van der Waals surface area (Å²) in [6, 6.07) is -0.00145. The van der Waals surface area contributed by atoms with E-state index in [2.05, 4.69) is 10.6 Å². The van der Waals surface area contributed by atoms with Gasteiger partial charge in [0.2, 0.25) is 5.91 Å². The molecule has 2 aliphatic rings. The monoisotopic (exact) mass is 266 g/mol. The van der Waals surface area contributed by atoms with Gasteiger partial charge in [-0.25, -0.2) is 0 Å². The molecule has 0 aromatic carbocycles. The van der Waals surface area contributed by atoms with Crippen molar-refractivity contribution in [2.45, 2.75) is 18.9 Å². The van der Waals surface area contributed by atoms with E-state index in [0.29, 0.717) is 13.2 Å². The molecule has 1 saturated carbocycles. The van der Waals surface area contributed by atoms with Crippen molar-refractivity contribution in [3.63, 3.8) is 0 Å². The fraction of sp³-hybridized carbons (Fsp3) is 0.900. The van der Waals surface area contributed by atoms with Gasteiger partial charge in [0.15, 0.2) is 0 Å². The average Bonchev–Trinajstić information content (AvgIpc) is 2.90. The lowest BCUT2D eigenvalue weighted by atomic mass is 10.3. The maximum Gasteiger partial charge on any atom is 0.238 e. The molecule has 0 radical (unpaired) electrons. The van der Waals surface area contributed by atoms with E-state index in [1.807, 2.05) is 0 Å². The van der Waals surface area contributed by atoms with E-state index in [9.17, 15) is 4.79 Å². The molecule has 0 aromatic heterocycles. The third kappa shape index (κ3) is 4.91. The van der Waals surface area contributed by atoms with Crippen molar-refractivity contribution in [3.05, 3.63) is 0 Å². The van der Waals surface area contributed by atoms with Crippen LogP contribution in [-0.2, 0) is 9.53 Å². The highest BCUT2D eigenvalue weighted by Crippen LogP contribution is 2.28. The summed E-state index contributed by atoms with van der Waals surface area (Å²) >= 11 is 1.76. The summed E-state index contributed by atoms with van der Waals surface area (Å²) in [6.07, 6.45) is 2.63. The van der Waals surface area contributed by atoms with Crippen LogP contribution in [0.2, 0.25) is 0 Å². The third-order valence-corrected chi connectivity index (χ3v) is 3.57. The number of hydrogen-bond acceptors (Lipinski definition) is 4. The summed E-state index contributed by atoms with van der Waals surface area (Å²) in [6.45, 7) is 2.14. The second-order valence-corrected chi connectivity index (χ2v) is 5.11. The van der Waals surface area contributed by atoms with Gasteiger partial charge in [0.05, 0.1) is 12.6 Å². The van der Waals surface area contributed by atoms with Crippen LogP contribution < -0.4 is 10.6 Å². The van der Waals surface area contributed by atoms with Crippen molar-refractivity contribution in [1.82, 2.24) is 10.6 Å². The predicted molar refractivity (Wildman–Crippen MR) is 68.0 cm³/mol. The van der Waals surface area contributed by atoms with Crippen LogP contribution in [0.15, 0.2) is 0 Å². The Morgan fingerprint density at radius 3 is 2.94 bits per heavy atom. The van der Waals surface area contributed by atoms with Crippen LogP contribution in [0.3, 0.4) is 0 Å². The molecule has 1 heterocycles. The Morgan fingerprint density at radius 1 is 1.50 bits per heavy atom. The highest BCUT2D eigenvalue weighted by atomic mass is 35.5.